The maximum atomic E-state index is 9.56. The van der Waals surface area contributed by atoms with E-state index < -0.39 is 0 Å². The van der Waals surface area contributed by atoms with Gasteiger partial charge in [0, 0.05) is 44.9 Å². The van der Waals surface area contributed by atoms with Crippen molar-refractivity contribution in [2.24, 2.45) is 0 Å². The Morgan fingerprint density at radius 1 is 1.04 bits per heavy atom. The lowest BCUT2D eigenvalue weighted by Crippen LogP contribution is -2.56. The molecule has 1 atom stereocenters. The lowest BCUT2D eigenvalue weighted by molar-refractivity contribution is 0.0136. The molecule has 1 aliphatic heterocycles. The topological polar surface area (TPSA) is 45.2 Å². The van der Waals surface area contributed by atoms with Crippen LogP contribution in [0.1, 0.15) is 44.1 Å². The average molecular weight is 363 g/mol. The van der Waals surface area contributed by atoms with Crippen molar-refractivity contribution < 1.29 is 14.6 Å². The van der Waals surface area contributed by atoms with Gasteiger partial charge in [0.15, 0.2) is 11.5 Å². The third-order valence-corrected chi connectivity index (χ3v) is 5.97. The number of aliphatic hydroxyl groups excluding tert-OH is 1. The highest BCUT2D eigenvalue weighted by Gasteiger charge is 2.32. The second kappa shape index (κ2) is 9.58. The highest BCUT2D eigenvalue weighted by atomic mass is 16.5. The van der Waals surface area contributed by atoms with E-state index in [9.17, 15) is 5.11 Å². The number of rotatable bonds is 7. The van der Waals surface area contributed by atoms with E-state index in [-0.39, 0.29) is 6.61 Å². The van der Waals surface area contributed by atoms with Gasteiger partial charge in [-0.1, -0.05) is 25.3 Å². The van der Waals surface area contributed by atoms with Gasteiger partial charge in [0.2, 0.25) is 0 Å². The predicted molar refractivity (Wildman–Crippen MR) is 104 cm³/mol. The number of nitrogens with zero attached hydrogens (tertiary/aromatic N) is 2. The Morgan fingerprint density at radius 3 is 2.50 bits per heavy atom. The minimum Gasteiger partial charge on any atom is -0.493 e. The SMILES string of the molecule is COc1ccc(CN2CCN(C3CCCCC3)[C@H](CCO)C2)cc1OC. The summed E-state index contributed by atoms with van der Waals surface area (Å²) in [5.74, 6) is 1.56. The zero-order valence-corrected chi connectivity index (χ0v) is 16.3. The molecule has 26 heavy (non-hydrogen) atoms. The van der Waals surface area contributed by atoms with Gasteiger partial charge in [0.05, 0.1) is 14.2 Å². The van der Waals surface area contributed by atoms with Crippen LogP contribution in [0.15, 0.2) is 18.2 Å². The fourth-order valence-corrected chi connectivity index (χ4v) is 4.61. The molecule has 3 rings (SSSR count). The van der Waals surface area contributed by atoms with Crippen LogP contribution < -0.4 is 9.47 Å². The lowest BCUT2D eigenvalue weighted by Gasteiger charge is -2.46. The maximum absolute atomic E-state index is 9.56. The molecule has 0 spiro atoms. The van der Waals surface area contributed by atoms with E-state index in [1.54, 1.807) is 14.2 Å². The van der Waals surface area contributed by atoms with E-state index in [2.05, 4.69) is 21.9 Å². The summed E-state index contributed by atoms with van der Waals surface area (Å²) in [6.45, 7) is 4.43. The van der Waals surface area contributed by atoms with Crippen molar-refractivity contribution in [3.05, 3.63) is 23.8 Å². The van der Waals surface area contributed by atoms with Gasteiger partial charge in [-0.05, 0) is 37.0 Å². The number of piperazine rings is 1. The first-order chi connectivity index (χ1) is 12.7. The molecule has 1 saturated carbocycles. The lowest BCUT2D eigenvalue weighted by atomic mass is 9.91. The fraction of sp³-hybridized carbons (Fsp3) is 0.714. The summed E-state index contributed by atoms with van der Waals surface area (Å²) in [4.78, 5) is 5.21. The largest absolute Gasteiger partial charge is 0.493 e. The Bertz CT molecular complexity index is 560. The van der Waals surface area contributed by atoms with E-state index in [1.165, 1.54) is 37.7 Å². The molecule has 1 N–H and O–H groups in total. The van der Waals surface area contributed by atoms with Crippen LogP contribution in [0.5, 0.6) is 11.5 Å². The van der Waals surface area contributed by atoms with Crippen molar-refractivity contribution in [2.45, 2.75) is 57.2 Å². The molecular formula is C21H34N2O3. The fourth-order valence-electron chi connectivity index (χ4n) is 4.61. The molecule has 1 aliphatic carbocycles. The second-order valence-electron chi connectivity index (χ2n) is 7.62. The Morgan fingerprint density at radius 2 is 1.81 bits per heavy atom. The van der Waals surface area contributed by atoms with Crippen LogP contribution in [0.3, 0.4) is 0 Å². The number of benzene rings is 1. The third kappa shape index (κ3) is 4.70. The molecule has 0 bridgehead atoms. The summed E-state index contributed by atoms with van der Waals surface area (Å²) in [7, 11) is 3.35. The van der Waals surface area contributed by atoms with Crippen molar-refractivity contribution in [1.29, 1.82) is 0 Å². The van der Waals surface area contributed by atoms with Gasteiger partial charge < -0.3 is 14.6 Å². The molecule has 146 valence electrons. The number of hydrogen-bond acceptors (Lipinski definition) is 5. The van der Waals surface area contributed by atoms with Crippen molar-refractivity contribution in [3.8, 4) is 11.5 Å². The zero-order chi connectivity index (χ0) is 18.4. The molecule has 1 aromatic carbocycles. The molecule has 1 saturated heterocycles. The quantitative estimate of drug-likeness (QED) is 0.808. The molecule has 0 unspecified atom stereocenters. The van der Waals surface area contributed by atoms with Crippen molar-refractivity contribution in [2.75, 3.05) is 40.5 Å². The second-order valence-corrected chi connectivity index (χ2v) is 7.62. The van der Waals surface area contributed by atoms with Crippen LogP contribution in [0.25, 0.3) is 0 Å². The van der Waals surface area contributed by atoms with Crippen LogP contribution in [-0.4, -0.2) is 67.5 Å². The molecule has 5 heteroatoms. The first-order valence-electron chi connectivity index (χ1n) is 10.0. The van der Waals surface area contributed by atoms with Crippen LogP contribution >= 0.6 is 0 Å². The first kappa shape index (κ1) is 19.5. The summed E-state index contributed by atoms with van der Waals surface area (Å²) < 4.78 is 10.8. The summed E-state index contributed by atoms with van der Waals surface area (Å²) in [6, 6.07) is 7.38. The number of ether oxygens (including phenoxy) is 2. The maximum Gasteiger partial charge on any atom is 0.161 e. The van der Waals surface area contributed by atoms with Crippen molar-refractivity contribution in [1.82, 2.24) is 9.80 Å². The Balaban J connectivity index is 1.63. The van der Waals surface area contributed by atoms with Crippen LogP contribution in [0, 0.1) is 0 Å². The zero-order valence-electron chi connectivity index (χ0n) is 16.3. The number of hydrogen-bond donors (Lipinski definition) is 1. The molecule has 0 amide bonds. The number of methoxy groups -OCH3 is 2. The molecule has 1 heterocycles. The van der Waals surface area contributed by atoms with E-state index >= 15 is 0 Å². The predicted octanol–water partition coefficient (Wildman–Crippen LogP) is 2.91. The molecule has 5 nitrogen and oxygen atoms in total. The van der Waals surface area contributed by atoms with Crippen LogP contribution in [-0.2, 0) is 6.54 Å². The molecule has 0 radical (unpaired) electrons. The highest BCUT2D eigenvalue weighted by molar-refractivity contribution is 5.42. The van der Waals surface area contributed by atoms with Crippen LogP contribution in [0.4, 0.5) is 0 Å². The van der Waals surface area contributed by atoms with E-state index in [4.69, 9.17) is 9.47 Å². The van der Waals surface area contributed by atoms with Gasteiger partial charge >= 0.3 is 0 Å². The summed E-state index contributed by atoms with van der Waals surface area (Å²) in [5, 5.41) is 9.56. The van der Waals surface area contributed by atoms with E-state index in [0.717, 1.165) is 50.1 Å². The Hall–Kier alpha value is -1.30. The van der Waals surface area contributed by atoms with Crippen molar-refractivity contribution >= 4 is 0 Å². The smallest absolute Gasteiger partial charge is 0.161 e. The van der Waals surface area contributed by atoms with E-state index in [0.29, 0.717) is 6.04 Å². The third-order valence-electron chi connectivity index (χ3n) is 5.97. The normalized spacial score (nSPS) is 23.1. The molecule has 2 fully saturated rings. The van der Waals surface area contributed by atoms with Gasteiger partial charge in [0.1, 0.15) is 0 Å². The minimum atomic E-state index is 0.276. The summed E-state index contributed by atoms with van der Waals surface area (Å²) >= 11 is 0. The first-order valence-corrected chi connectivity index (χ1v) is 10.0. The van der Waals surface area contributed by atoms with Crippen molar-refractivity contribution in [3.63, 3.8) is 0 Å². The summed E-state index contributed by atoms with van der Waals surface area (Å²) in [5.41, 5.74) is 1.25. The monoisotopic (exact) mass is 362 g/mol. The molecule has 2 aliphatic rings. The molecular weight excluding hydrogens is 328 g/mol. The minimum absolute atomic E-state index is 0.276. The van der Waals surface area contributed by atoms with Gasteiger partial charge in [-0.2, -0.15) is 0 Å². The number of aliphatic hydroxyl groups is 1. The van der Waals surface area contributed by atoms with Gasteiger partial charge in [-0.25, -0.2) is 0 Å². The van der Waals surface area contributed by atoms with E-state index in [1.807, 2.05) is 6.07 Å². The average Bonchev–Trinajstić information content (AvgIpc) is 2.69. The van der Waals surface area contributed by atoms with Gasteiger partial charge in [0.25, 0.3) is 0 Å². The Kier molecular flexibility index (Phi) is 7.17. The Labute approximate surface area is 157 Å². The molecule has 1 aromatic rings. The van der Waals surface area contributed by atoms with Crippen LogP contribution in [0.2, 0.25) is 0 Å². The molecule has 0 aromatic heterocycles. The standard InChI is InChI=1S/C21H34N2O3/c1-25-20-9-8-17(14-21(20)26-2)15-22-11-12-23(19(16-22)10-13-24)18-6-4-3-5-7-18/h8-9,14,18-19,24H,3-7,10-13,15-16H2,1-2H3/t19-/m1/s1. The summed E-state index contributed by atoms with van der Waals surface area (Å²) in [6.07, 6.45) is 7.65. The highest BCUT2D eigenvalue weighted by Crippen LogP contribution is 2.30. The van der Waals surface area contributed by atoms with Gasteiger partial charge in [-0.15, -0.1) is 0 Å². The van der Waals surface area contributed by atoms with Gasteiger partial charge in [-0.3, -0.25) is 9.80 Å².